The van der Waals surface area contributed by atoms with Crippen LogP contribution in [0, 0.1) is 11.6 Å². The van der Waals surface area contributed by atoms with Gasteiger partial charge < -0.3 is 10.1 Å². The van der Waals surface area contributed by atoms with Gasteiger partial charge in [0.15, 0.2) is 0 Å². The lowest BCUT2D eigenvalue weighted by Crippen LogP contribution is -2.11. The van der Waals surface area contributed by atoms with Crippen molar-refractivity contribution in [3.63, 3.8) is 0 Å². The van der Waals surface area contributed by atoms with E-state index in [9.17, 15) is 8.78 Å². The minimum Gasteiger partial charge on any atom is -0.492 e. The van der Waals surface area contributed by atoms with E-state index in [2.05, 4.69) is 5.32 Å². The summed E-state index contributed by atoms with van der Waals surface area (Å²) in [5.41, 5.74) is 0.672. The van der Waals surface area contributed by atoms with E-state index in [-0.39, 0.29) is 10.8 Å². The molecule has 0 heterocycles. The molecule has 100 valence electrons. The number of hydrogen-bond donors (Lipinski definition) is 1. The van der Waals surface area contributed by atoms with Crippen LogP contribution in [0.4, 0.5) is 14.5 Å². The van der Waals surface area contributed by atoms with Crippen molar-refractivity contribution in [3.8, 4) is 5.75 Å². The monoisotopic (exact) mass is 283 g/mol. The molecule has 0 aliphatic rings. The van der Waals surface area contributed by atoms with Gasteiger partial charge in [0.1, 0.15) is 24.0 Å². The molecule has 0 aliphatic carbocycles. The van der Waals surface area contributed by atoms with Crippen LogP contribution in [0.1, 0.15) is 0 Å². The quantitative estimate of drug-likeness (QED) is 0.834. The van der Waals surface area contributed by atoms with Gasteiger partial charge in [0.25, 0.3) is 0 Å². The van der Waals surface area contributed by atoms with Crippen LogP contribution in [0.15, 0.2) is 42.5 Å². The van der Waals surface area contributed by atoms with Crippen molar-refractivity contribution in [1.82, 2.24) is 0 Å². The summed E-state index contributed by atoms with van der Waals surface area (Å²) in [7, 11) is 0. The van der Waals surface area contributed by atoms with Crippen LogP contribution in [-0.4, -0.2) is 13.2 Å². The van der Waals surface area contributed by atoms with Crippen molar-refractivity contribution >= 4 is 17.3 Å². The number of nitrogens with one attached hydrogen (secondary N) is 1. The third-order valence-electron chi connectivity index (χ3n) is 2.42. The van der Waals surface area contributed by atoms with Crippen molar-refractivity contribution in [2.45, 2.75) is 0 Å². The molecule has 0 bridgehead atoms. The molecule has 0 unspecified atom stereocenters. The molecule has 0 spiro atoms. The van der Waals surface area contributed by atoms with E-state index in [4.69, 9.17) is 16.3 Å². The van der Waals surface area contributed by atoms with E-state index in [1.807, 2.05) is 0 Å². The predicted molar refractivity (Wildman–Crippen MR) is 71.8 cm³/mol. The van der Waals surface area contributed by atoms with Crippen LogP contribution in [-0.2, 0) is 0 Å². The minimum absolute atomic E-state index is 0.0604. The molecule has 0 saturated heterocycles. The van der Waals surface area contributed by atoms with Crippen LogP contribution in [0.25, 0.3) is 0 Å². The lowest BCUT2D eigenvalue weighted by molar-refractivity contribution is 0.331. The summed E-state index contributed by atoms with van der Waals surface area (Å²) in [6.07, 6.45) is 0. The molecule has 2 rings (SSSR count). The van der Waals surface area contributed by atoms with Crippen LogP contribution < -0.4 is 10.1 Å². The highest BCUT2D eigenvalue weighted by molar-refractivity contribution is 6.30. The molecule has 0 atom stereocenters. The molecule has 1 N–H and O–H groups in total. The van der Waals surface area contributed by atoms with Crippen molar-refractivity contribution in [3.05, 3.63) is 59.1 Å². The molecule has 0 aliphatic heterocycles. The predicted octanol–water partition coefficient (Wildman–Crippen LogP) is 4.11. The Hall–Kier alpha value is -1.81. The number of rotatable bonds is 5. The first-order valence-electron chi connectivity index (χ1n) is 5.72. The van der Waals surface area contributed by atoms with Gasteiger partial charge in [0.2, 0.25) is 0 Å². The lowest BCUT2D eigenvalue weighted by Gasteiger charge is -2.09. The van der Waals surface area contributed by atoms with E-state index in [1.165, 1.54) is 24.3 Å². The average molecular weight is 284 g/mol. The molecular formula is C14H12ClF2NO. The summed E-state index contributed by atoms with van der Waals surface area (Å²) in [5.74, 6) is -0.411. The molecule has 0 fully saturated rings. The molecule has 2 aromatic carbocycles. The average Bonchev–Trinajstić information content (AvgIpc) is 2.39. The van der Waals surface area contributed by atoms with E-state index in [0.29, 0.717) is 24.6 Å². The molecular weight excluding hydrogens is 272 g/mol. The van der Waals surface area contributed by atoms with Gasteiger partial charge in [0, 0.05) is 18.3 Å². The Balaban J connectivity index is 1.79. The Kier molecular flexibility index (Phi) is 4.58. The van der Waals surface area contributed by atoms with Gasteiger partial charge >= 0.3 is 0 Å². The lowest BCUT2D eigenvalue weighted by atomic mass is 10.3. The van der Waals surface area contributed by atoms with Crippen molar-refractivity contribution in [2.75, 3.05) is 18.5 Å². The van der Waals surface area contributed by atoms with Gasteiger partial charge in [-0.05, 0) is 30.3 Å². The van der Waals surface area contributed by atoms with E-state index in [0.717, 1.165) is 0 Å². The normalized spacial score (nSPS) is 10.3. The minimum atomic E-state index is -0.516. The molecule has 5 heteroatoms. The fraction of sp³-hybridized carbons (Fsp3) is 0.143. The molecule has 0 saturated carbocycles. The maximum atomic E-state index is 13.1. The number of halogens is 3. The first kappa shape index (κ1) is 13.6. The van der Waals surface area contributed by atoms with E-state index in [1.54, 1.807) is 18.2 Å². The zero-order valence-electron chi connectivity index (χ0n) is 10.00. The molecule has 2 nitrogen and oxygen atoms in total. The summed E-state index contributed by atoms with van der Waals surface area (Å²) >= 11 is 5.56. The fourth-order valence-corrected chi connectivity index (χ4v) is 1.65. The Morgan fingerprint density at radius 1 is 1.11 bits per heavy atom. The van der Waals surface area contributed by atoms with E-state index < -0.39 is 5.82 Å². The maximum absolute atomic E-state index is 13.1. The number of benzene rings is 2. The van der Waals surface area contributed by atoms with Crippen LogP contribution >= 0.6 is 11.6 Å². The third kappa shape index (κ3) is 4.10. The molecule has 19 heavy (non-hydrogen) atoms. The first-order valence-corrected chi connectivity index (χ1v) is 6.10. The number of anilines is 1. The molecule has 0 aromatic heterocycles. The van der Waals surface area contributed by atoms with Gasteiger partial charge in [0.05, 0.1) is 5.02 Å². The molecule has 0 radical (unpaired) electrons. The van der Waals surface area contributed by atoms with E-state index >= 15 is 0 Å². The van der Waals surface area contributed by atoms with Crippen molar-refractivity contribution < 1.29 is 13.5 Å². The molecule has 0 amide bonds. The highest BCUT2D eigenvalue weighted by Crippen LogP contribution is 2.20. The van der Waals surface area contributed by atoms with Gasteiger partial charge in [-0.2, -0.15) is 0 Å². The van der Waals surface area contributed by atoms with Crippen LogP contribution in [0.2, 0.25) is 5.02 Å². The van der Waals surface area contributed by atoms with Crippen LogP contribution in [0.3, 0.4) is 0 Å². The van der Waals surface area contributed by atoms with Crippen LogP contribution in [0.5, 0.6) is 5.75 Å². The standard InChI is InChI=1S/C14H12ClF2NO/c15-13-5-4-12(9-14(13)17)19-7-6-18-11-3-1-2-10(16)8-11/h1-5,8-9,18H,6-7H2. The first-order chi connectivity index (χ1) is 9.15. The Labute approximate surface area is 115 Å². The topological polar surface area (TPSA) is 21.3 Å². The van der Waals surface area contributed by atoms with Crippen molar-refractivity contribution in [1.29, 1.82) is 0 Å². The SMILES string of the molecule is Fc1cccc(NCCOc2ccc(Cl)c(F)c2)c1. The summed E-state index contributed by atoms with van der Waals surface area (Å²) in [5, 5.41) is 3.06. The Bertz CT molecular complexity index is 563. The second-order valence-electron chi connectivity index (χ2n) is 3.86. The highest BCUT2D eigenvalue weighted by Gasteiger charge is 2.01. The molecule has 2 aromatic rings. The number of ether oxygens (including phenoxy) is 1. The van der Waals surface area contributed by atoms with Gasteiger partial charge in [-0.15, -0.1) is 0 Å². The Morgan fingerprint density at radius 3 is 2.68 bits per heavy atom. The number of hydrogen-bond acceptors (Lipinski definition) is 2. The maximum Gasteiger partial charge on any atom is 0.145 e. The Morgan fingerprint density at radius 2 is 1.95 bits per heavy atom. The summed E-state index contributed by atoms with van der Waals surface area (Å²) in [6, 6.07) is 10.4. The smallest absolute Gasteiger partial charge is 0.145 e. The van der Waals surface area contributed by atoms with Gasteiger partial charge in [-0.1, -0.05) is 17.7 Å². The zero-order chi connectivity index (χ0) is 13.7. The summed E-state index contributed by atoms with van der Waals surface area (Å²) in [6.45, 7) is 0.811. The fourth-order valence-electron chi connectivity index (χ4n) is 1.53. The highest BCUT2D eigenvalue weighted by atomic mass is 35.5. The van der Waals surface area contributed by atoms with Gasteiger partial charge in [-0.25, -0.2) is 8.78 Å². The zero-order valence-corrected chi connectivity index (χ0v) is 10.8. The summed E-state index contributed by atoms with van der Waals surface area (Å²) in [4.78, 5) is 0. The van der Waals surface area contributed by atoms with Gasteiger partial charge in [-0.3, -0.25) is 0 Å². The third-order valence-corrected chi connectivity index (χ3v) is 2.72. The largest absolute Gasteiger partial charge is 0.492 e. The second-order valence-corrected chi connectivity index (χ2v) is 4.27. The summed E-state index contributed by atoms with van der Waals surface area (Å²) < 4.78 is 31.4. The van der Waals surface area contributed by atoms with Crippen molar-refractivity contribution in [2.24, 2.45) is 0 Å². The second kappa shape index (κ2) is 6.38.